The van der Waals surface area contributed by atoms with Crippen LogP contribution in [0.1, 0.15) is 28.4 Å². The fraction of sp³-hybridized carbons (Fsp3) is 0.160. The number of rotatable bonds is 11. The summed E-state index contributed by atoms with van der Waals surface area (Å²) in [4.78, 5) is 23.3. The van der Waals surface area contributed by atoms with Crippen LogP contribution in [0.5, 0.6) is 17.2 Å². The Morgan fingerprint density at radius 2 is 1.70 bits per heavy atom. The van der Waals surface area contributed by atoms with Crippen LogP contribution in [0, 0.1) is 0 Å². The average Bonchev–Trinajstić information content (AvgIpc) is 2.83. The van der Waals surface area contributed by atoms with Gasteiger partial charge in [0.05, 0.1) is 12.8 Å². The van der Waals surface area contributed by atoms with Gasteiger partial charge < -0.3 is 19.9 Å². The number of hydrogen-bond donors (Lipinski definition) is 2. The van der Waals surface area contributed by atoms with E-state index in [0.717, 1.165) is 11.1 Å². The van der Waals surface area contributed by atoms with Crippen LogP contribution in [-0.2, 0) is 11.4 Å². The van der Waals surface area contributed by atoms with Gasteiger partial charge in [0.15, 0.2) is 18.1 Å². The molecule has 8 heteroatoms. The highest BCUT2D eigenvalue weighted by Gasteiger charge is 2.11. The molecule has 0 radical (unpaired) electrons. The van der Waals surface area contributed by atoms with E-state index in [2.05, 4.69) is 10.5 Å². The van der Waals surface area contributed by atoms with E-state index in [0.29, 0.717) is 36.0 Å². The summed E-state index contributed by atoms with van der Waals surface area (Å²) in [5.41, 5.74) is 9.69. The quantitative estimate of drug-likeness (QED) is 0.346. The first kappa shape index (κ1) is 23.3. The average molecular weight is 447 g/mol. The van der Waals surface area contributed by atoms with Crippen LogP contribution in [0.25, 0.3) is 0 Å². The number of amides is 2. The number of nitrogens with one attached hydrogen (secondary N) is 1. The lowest BCUT2D eigenvalue weighted by Crippen LogP contribution is -2.20. The van der Waals surface area contributed by atoms with Crippen molar-refractivity contribution in [1.82, 2.24) is 5.43 Å². The molecule has 0 spiro atoms. The first-order chi connectivity index (χ1) is 16.0. The molecule has 0 atom stereocenters. The second kappa shape index (κ2) is 11.9. The maximum Gasteiger partial charge on any atom is 0.271 e. The van der Waals surface area contributed by atoms with E-state index in [1.165, 1.54) is 6.21 Å². The van der Waals surface area contributed by atoms with Crippen molar-refractivity contribution in [1.29, 1.82) is 0 Å². The Kier molecular flexibility index (Phi) is 8.41. The van der Waals surface area contributed by atoms with Crippen LogP contribution in [0.2, 0.25) is 0 Å². The minimum Gasteiger partial charge on any atom is -0.490 e. The van der Waals surface area contributed by atoms with Gasteiger partial charge in [0, 0.05) is 5.56 Å². The molecule has 0 fully saturated rings. The zero-order valence-corrected chi connectivity index (χ0v) is 18.2. The topological polar surface area (TPSA) is 112 Å². The summed E-state index contributed by atoms with van der Waals surface area (Å²) in [5.74, 6) is 0.610. The highest BCUT2D eigenvalue weighted by molar-refractivity contribution is 5.95. The van der Waals surface area contributed by atoms with Crippen molar-refractivity contribution in [3.63, 3.8) is 0 Å². The van der Waals surface area contributed by atoms with Gasteiger partial charge in [0.2, 0.25) is 0 Å². The lowest BCUT2D eigenvalue weighted by molar-refractivity contribution is -0.119. The maximum atomic E-state index is 12.5. The summed E-state index contributed by atoms with van der Waals surface area (Å²) >= 11 is 0. The van der Waals surface area contributed by atoms with Crippen LogP contribution in [0.4, 0.5) is 0 Å². The summed E-state index contributed by atoms with van der Waals surface area (Å²) in [6.07, 6.45) is 1.50. The molecule has 0 aromatic heterocycles. The van der Waals surface area contributed by atoms with Gasteiger partial charge in [-0.25, -0.2) is 5.43 Å². The fourth-order valence-corrected chi connectivity index (χ4v) is 2.81. The highest BCUT2D eigenvalue weighted by Crippen LogP contribution is 2.29. The van der Waals surface area contributed by atoms with Gasteiger partial charge in [-0.3, -0.25) is 9.59 Å². The Morgan fingerprint density at radius 3 is 2.39 bits per heavy atom. The summed E-state index contributed by atoms with van der Waals surface area (Å²) in [5, 5.41) is 3.98. The van der Waals surface area contributed by atoms with E-state index < -0.39 is 5.91 Å². The molecular weight excluding hydrogens is 422 g/mol. The molecule has 0 aliphatic carbocycles. The number of primary amides is 1. The molecule has 170 valence electrons. The molecule has 33 heavy (non-hydrogen) atoms. The maximum absolute atomic E-state index is 12.5. The Hall–Kier alpha value is -4.33. The van der Waals surface area contributed by atoms with Crippen molar-refractivity contribution < 1.29 is 23.8 Å². The summed E-state index contributed by atoms with van der Waals surface area (Å²) in [6, 6.07) is 21.6. The van der Waals surface area contributed by atoms with Crippen LogP contribution >= 0.6 is 0 Å². The lowest BCUT2D eigenvalue weighted by Gasteiger charge is -2.13. The van der Waals surface area contributed by atoms with Crippen LogP contribution in [0.15, 0.2) is 77.9 Å². The highest BCUT2D eigenvalue weighted by atomic mass is 16.5. The number of carbonyl (C=O) groups is 2. The van der Waals surface area contributed by atoms with Crippen molar-refractivity contribution in [2.24, 2.45) is 10.8 Å². The summed E-state index contributed by atoms with van der Waals surface area (Å²) in [6.45, 7) is 2.50. The number of ether oxygens (including phenoxy) is 3. The molecule has 0 heterocycles. The lowest BCUT2D eigenvalue weighted by atomic mass is 10.2. The van der Waals surface area contributed by atoms with E-state index in [4.69, 9.17) is 19.9 Å². The predicted molar refractivity (Wildman–Crippen MR) is 125 cm³/mol. The molecule has 0 aliphatic heterocycles. The largest absolute Gasteiger partial charge is 0.490 e. The van der Waals surface area contributed by atoms with Gasteiger partial charge in [-0.15, -0.1) is 0 Å². The van der Waals surface area contributed by atoms with Crippen molar-refractivity contribution >= 4 is 18.0 Å². The third kappa shape index (κ3) is 7.39. The number of benzene rings is 3. The number of carbonyl (C=O) groups excluding carboxylic acids is 2. The third-order valence-electron chi connectivity index (χ3n) is 4.38. The summed E-state index contributed by atoms with van der Waals surface area (Å²) in [7, 11) is 0. The van der Waals surface area contributed by atoms with Crippen molar-refractivity contribution in [2.75, 3.05) is 13.2 Å². The van der Waals surface area contributed by atoms with E-state index in [9.17, 15) is 9.59 Å². The van der Waals surface area contributed by atoms with E-state index in [-0.39, 0.29) is 12.5 Å². The van der Waals surface area contributed by atoms with Crippen molar-refractivity contribution in [3.8, 4) is 17.2 Å². The molecular formula is C25H25N3O5. The number of hydrogen-bond acceptors (Lipinski definition) is 6. The zero-order chi connectivity index (χ0) is 23.5. The molecule has 0 aliphatic rings. The molecule has 0 bridgehead atoms. The SMILES string of the molecule is CCOc1cc(C(=O)N/N=C\c2ccc(OCC(N)=O)cc2)ccc1OCc1ccccc1. The molecule has 2 amide bonds. The van der Waals surface area contributed by atoms with Gasteiger partial charge >= 0.3 is 0 Å². The van der Waals surface area contributed by atoms with E-state index in [1.54, 1.807) is 42.5 Å². The second-order valence-corrected chi connectivity index (χ2v) is 6.89. The summed E-state index contributed by atoms with van der Waals surface area (Å²) < 4.78 is 16.7. The van der Waals surface area contributed by atoms with Crippen LogP contribution < -0.4 is 25.4 Å². The molecule has 3 N–H and O–H groups in total. The predicted octanol–water partition coefficient (Wildman–Crippen LogP) is 3.29. The number of nitrogens with zero attached hydrogens (tertiary/aromatic N) is 1. The van der Waals surface area contributed by atoms with E-state index >= 15 is 0 Å². The van der Waals surface area contributed by atoms with Gasteiger partial charge in [-0.1, -0.05) is 30.3 Å². The minimum atomic E-state index is -0.549. The fourth-order valence-electron chi connectivity index (χ4n) is 2.81. The zero-order valence-electron chi connectivity index (χ0n) is 18.2. The van der Waals surface area contributed by atoms with Crippen LogP contribution in [0.3, 0.4) is 0 Å². The number of nitrogens with two attached hydrogens (primary N) is 1. The first-order valence-electron chi connectivity index (χ1n) is 10.3. The Morgan fingerprint density at radius 1 is 0.939 bits per heavy atom. The Balaban J connectivity index is 1.59. The molecule has 0 saturated carbocycles. The molecule has 3 rings (SSSR count). The Labute approximate surface area is 192 Å². The third-order valence-corrected chi connectivity index (χ3v) is 4.38. The molecule has 8 nitrogen and oxygen atoms in total. The first-order valence-corrected chi connectivity index (χ1v) is 10.3. The standard InChI is InChI=1S/C25H25N3O5/c1-2-31-23-14-20(10-13-22(23)33-16-19-6-4-3-5-7-19)25(30)28-27-15-18-8-11-21(12-9-18)32-17-24(26)29/h3-15H,2,16-17H2,1H3,(H2,26,29)(H,28,30)/b27-15-. The molecule has 3 aromatic carbocycles. The monoisotopic (exact) mass is 447 g/mol. The van der Waals surface area contributed by atoms with Gasteiger partial charge in [-0.05, 0) is 60.5 Å². The normalized spacial score (nSPS) is 10.6. The number of hydrazone groups is 1. The van der Waals surface area contributed by atoms with Crippen molar-refractivity contribution in [2.45, 2.75) is 13.5 Å². The van der Waals surface area contributed by atoms with Gasteiger partial charge in [0.1, 0.15) is 12.4 Å². The Bertz CT molecular complexity index is 1100. The molecule has 0 unspecified atom stereocenters. The van der Waals surface area contributed by atoms with Gasteiger partial charge in [0.25, 0.3) is 11.8 Å². The molecule has 0 saturated heterocycles. The van der Waals surface area contributed by atoms with Crippen LogP contribution in [-0.4, -0.2) is 31.2 Å². The smallest absolute Gasteiger partial charge is 0.271 e. The molecule has 3 aromatic rings. The van der Waals surface area contributed by atoms with E-state index in [1.807, 2.05) is 37.3 Å². The van der Waals surface area contributed by atoms with Gasteiger partial charge in [-0.2, -0.15) is 5.10 Å². The van der Waals surface area contributed by atoms with Crippen molar-refractivity contribution in [3.05, 3.63) is 89.5 Å². The second-order valence-electron chi connectivity index (χ2n) is 6.89. The minimum absolute atomic E-state index is 0.191.